The largest absolute Gasteiger partial charge is 0.316 e. The zero-order valence-electron chi connectivity index (χ0n) is 10.6. The molecule has 2 rings (SSSR count). The van der Waals surface area contributed by atoms with Crippen LogP contribution in [0, 0.1) is 12.8 Å². The summed E-state index contributed by atoms with van der Waals surface area (Å²) in [6, 6.07) is 6.73. The number of benzene rings is 1. The maximum atomic E-state index is 11.9. The van der Waals surface area contributed by atoms with Crippen LogP contribution in [0.3, 0.4) is 0 Å². The fourth-order valence-corrected chi connectivity index (χ4v) is 3.00. The van der Waals surface area contributed by atoms with Crippen LogP contribution in [-0.4, -0.2) is 28.1 Å². The summed E-state index contributed by atoms with van der Waals surface area (Å²) in [5.74, 6) is 0.291. The van der Waals surface area contributed by atoms with E-state index in [2.05, 4.69) is 5.32 Å². The third kappa shape index (κ3) is 3.54. The van der Waals surface area contributed by atoms with Crippen LogP contribution in [0.5, 0.6) is 0 Å². The average Bonchev–Trinajstić information content (AvgIpc) is 2.38. The number of piperidine rings is 1. The molecular formula is C13H19NO3S. The van der Waals surface area contributed by atoms with Crippen molar-refractivity contribution in [1.29, 1.82) is 0 Å². The molecule has 1 saturated heterocycles. The molecule has 1 unspecified atom stereocenters. The molecule has 0 bridgehead atoms. The third-order valence-corrected chi connectivity index (χ3v) is 4.46. The van der Waals surface area contributed by atoms with Crippen LogP contribution < -0.4 is 5.32 Å². The molecular weight excluding hydrogens is 250 g/mol. The van der Waals surface area contributed by atoms with Crippen molar-refractivity contribution >= 4 is 10.1 Å². The van der Waals surface area contributed by atoms with Gasteiger partial charge in [0.2, 0.25) is 0 Å². The third-order valence-electron chi connectivity index (χ3n) is 3.17. The summed E-state index contributed by atoms with van der Waals surface area (Å²) in [6.45, 7) is 4.04. The standard InChI is InChI=1S/C13H19NO3S/c1-11-4-6-13(7-5-11)18(15,16)17-10-12-3-2-8-14-9-12/h4-7,12,14H,2-3,8-10H2,1H3. The van der Waals surface area contributed by atoms with Gasteiger partial charge in [0.05, 0.1) is 11.5 Å². The highest BCUT2D eigenvalue weighted by Crippen LogP contribution is 2.16. The summed E-state index contributed by atoms with van der Waals surface area (Å²) >= 11 is 0. The molecule has 1 fully saturated rings. The van der Waals surface area contributed by atoms with Crippen molar-refractivity contribution in [3.63, 3.8) is 0 Å². The molecule has 1 aliphatic rings. The summed E-state index contributed by atoms with van der Waals surface area (Å²) in [5.41, 5.74) is 1.03. The fourth-order valence-electron chi connectivity index (χ4n) is 2.03. The molecule has 1 aromatic carbocycles. The van der Waals surface area contributed by atoms with E-state index in [1.165, 1.54) is 0 Å². The van der Waals surface area contributed by atoms with Crippen LogP contribution in [0.15, 0.2) is 29.2 Å². The van der Waals surface area contributed by atoms with Gasteiger partial charge in [0.25, 0.3) is 10.1 Å². The minimum Gasteiger partial charge on any atom is -0.316 e. The van der Waals surface area contributed by atoms with Crippen molar-refractivity contribution in [2.75, 3.05) is 19.7 Å². The minimum atomic E-state index is -3.60. The van der Waals surface area contributed by atoms with Crippen molar-refractivity contribution in [2.45, 2.75) is 24.7 Å². The van der Waals surface area contributed by atoms with Gasteiger partial charge in [-0.15, -0.1) is 0 Å². The Balaban J connectivity index is 1.96. The monoisotopic (exact) mass is 269 g/mol. The van der Waals surface area contributed by atoms with Crippen LogP contribution in [0.25, 0.3) is 0 Å². The number of hydrogen-bond acceptors (Lipinski definition) is 4. The van der Waals surface area contributed by atoms with E-state index in [0.29, 0.717) is 5.92 Å². The molecule has 0 aromatic heterocycles. The summed E-state index contributed by atoms with van der Waals surface area (Å²) in [5, 5.41) is 3.24. The molecule has 1 N–H and O–H groups in total. The lowest BCUT2D eigenvalue weighted by Gasteiger charge is -2.22. The summed E-state index contributed by atoms with van der Waals surface area (Å²) in [7, 11) is -3.60. The molecule has 0 spiro atoms. The second kappa shape index (κ2) is 5.82. The van der Waals surface area contributed by atoms with Gasteiger partial charge in [-0.25, -0.2) is 0 Å². The maximum absolute atomic E-state index is 11.9. The first-order valence-electron chi connectivity index (χ1n) is 6.25. The number of nitrogens with one attached hydrogen (secondary N) is 1. The van der Waals surface area contributed by atoms with E-state index in [0.717, 1.165) is 31.5 Å². The molecule has 0 radical (unpaired) electrons. The average molecular weight is 269 g/mol. The van der Waals surface area contributed by atoms with E-state index in [-0.39, 0.29) is 11.5 Å². The van der Waals surface area contributed by atoms with Crippen molar-refractivity contribution in [3.05, 3.63) is 29.8 Å². The Morgan fingerprint density at radius 2 is 2.06 bits per heavy atom. The first-order valence-corrected chi connectivity index (χ1v) is 7.65. The number of rotatable bonds is 4. The Kier molecular flexibility index (Phi) is 4.37. The molecule has 1 heterocycles. The summed E-state index contributed by atoms with van der Waals surface area (Å²) < 4.78 is 29.0. The van der Waals surface area contributed by atoms with Crippen LogP contribution in [0.4, 0.5) is 0 Å². The smallest absolute Gasteiger partial charge is 0.296 e. The van der Waals surface area contributed by atoms with Crippen LogP contribution >= 0.6 is 0 Å². The molecule has 1 aromatic rings. The normalized spacial score (nSPS) is 20.8. The summed E-state index contributed by atoms with van der Waals surface area (Å²) in [6.07, 6.45) is 2.11. The fraction of sp³-hybridized carbons (Fsp3) is 0.538. The second-order valence-electron chi connectivity index (χ2n) is 4.76. The predicted octanol–water partition coefficient (Wildman–Crippen LogP) is 1.70. The van der Waals surface area contributed by atoms with Gasteiger partial charge in [0, 0.05) is 6.54 Å². The van der Waals surface area contributed by atoms with Crippen molar-refractivity contribution in [2.24, 2.45) is 5.92 Å². The van der Waals surface area contributed by atoms with Gasteiger partial charge in [-0.05, 0) is 44.4 Å². The number of hydrogen-bond donors (Lipinski definition) is 1. The molecule has 0 saturated carbocycles. The maximum Gasteiger partial charge on any atom is 0.296 e. The Hall–Kier alpha value is -0.910. The lowest BCUT2D eigenvalue weighted by Crippen LogP contribution is -2.32. The van der Waals surface area contributed by atoms with E-state index in [1.807, 2.05) is 6.92 Å². The van der Waals surface area contributed by atoms with Crippen molar-refractivity contribution in [1.82, 2.24) is 5.32 Å². The topological polar surface area (TPSA) is 55.4 Å². The van der Waals surface area contributed by atoms with Crippen molar-refractivity contribution in [3.8, 4) is 0 Å². The van der Waals surface area contributed by atoms with Crippen LogP contribution in [-0.2, 0) is 14.3 Å². The number of aryl methyl sites for hydroxylation is 1. The zero-order chi connectivity index (χ0) is 13.0. The SMILES string of the molecule is Cc1ccc(S(=O)(=O)OCC2CCCNC2)cc1. The first-order chi connectivity index (χ1) is 8.58. The summed E-state index contributed by atoms with van der Waals surface area (Å²) in [4.78, 5) is 0.233. The molecule has 100 valence electrons. The van der Waals surface area contributed by atoms with Gasteiger partial charge in [-0.3, -0.25) is 4.18 Å². The van der Waals surface area contributed by atoms with E-state index in [1.54, 1.807) is 24.3 Å². The van der Waals surface area contributed by atoms with Crippen LogP contribution in [0.1, 0.15) is 18.4 Å². The van der Waals surface area contributed by atoms with Gasteiger partial charge < -0.3 is 5.32 Å². The molecule has 1 aliphatic heterocycles. The molecule has 4 nitrogen and oxygen atoms in total. The Labute approximate surface area is 108 Å². The molecule has 0 aliphatic carbocycles. The Morgan fingerprint density at radius 3 is 2.67 bits per heavy atom. The Morgan fingerprint density at radius 1 is 1.33 bits per heavy atom. The highest BCUT2D eigenvalue weighted by molar-refractivity contribution is 7.86. The zero-order valence-corrected chi connectivity index (χ0v) is 11.4. The van der Waals surface area contributed by atoms with E-state index >= 15 is 0 Å². The predicted molar refractivity (Wildman–Crippen MR) is 69.9 cm³/mol. The van der Waals surface area contributed by atoms with Gasteiger partial charge in [0.1, 0.15) is 0 Å². The van der Waals surface area contributed by atoms with Gasteiger partial charge >= 0.3 is 0 Å². The van der Waals surface area contributed by atoms with E-state index in [4.69, 9.17) is 4.18 Å². The van der Waals surface area contributed by atoms with Crippen molar-refractivity contribution < 1.29 is 12.6 Å². The van der Waals surface area contributed by atoms with Crippen LogP contribution in [0.2, 0.25) is 0 Å². The minimum absolute atomic E-state index is 0.233. The van der Waals surface area contributed by atoms with Gasteiger partial charge in [-0.2, -0.15) is 8.42 Å². The van der Waals surface area contributed by atoms with E-state index < -0.39 is 10.1 Å². The molecule has 18 heavy (non-hydrogen) atoms. The molecule has 0 amide bonds. The van der Waals surface area contributed by atoms with Gasteiger partial charge in [-0.1, -0.05) is 17.7 Å². The lowest BCUT2D eigenvalue weighted by molar-refractivity contribution is 0.223. The lowest BCUT2D eigenvalue weighted by atomic mass is 10.0. The highest BCUT2D eigenvalue weighted by Gasteiger charge is 2.19. The molecule has 1 atom stereocenters. The highest BCUT2D eigenvalue weighted by atomic mass is 32.2. The van der Waals surface area contributed by atoms with E-state index in [9.17, 15) is 8.42 Å². The second-order valence-corrected chi connectivity index (χ2v) is 6.38. The first kappa shape index (κ1) is 13.5. The van der Waals surface area contributed by atoms with Gasteiger partial charge in [0.15, 0.2) is 0 Å². The Bertz CT molecular complexity index is 475. The molecule has 5 heteroatoms. The quantitative estimate of drug-likeness (QED) is 0.845.